The lowest BCUT2D eigenvalue weighted by molar-refractivity contribution is -0.00134. The van der Waals surface area contributed by atoms with Crippen LogP contribution in [0.3, 0.4) is 0 Å². The first-order valence-corrected chi connectivity index (χ1v) is 7.45. The van der Waals surface area contributed by atoms with Gasteiger partial charge in [0.15, 0.2) is 17.4 Å². The first-order chi connectivity index (χ1) is 11.6. The molecule has 0 saturated carbocycles. The molecule has 0 spiro atoms. The third kappa shape index (κ3) is 4.42. The maximum Gasteiger partial charge on any atom is 0.191 e. The van der Waals surface area contributed by atoms with E-state index < -0.39 is 34.6 Å². The predicted molar refractivity (Wildman–Crippen MR) is 87.1 cm³/mol. The van der Waals surface area contributed by atoms with Crippen LogP contribution in [-0.2, 0) is 4.74 Å². The van der Waals surface area contributed by atoms with Gasteiger partial charge in [-0.1, -0.05) is 12.1 Å². The van der Waals surface area contributed by atoms with Crippen molar-refractivity contribution < 1.29 is 27.0 Å². The molecule has 1 heterocycles. The van der Waals surface area contributed by atoms with Crippen molar-refractivity contribution in [2.24, 2.45) is 0 Å². The molecule has 0 aliphatic carbocycles. The van der Waals surface area contributed by atoms with E-state index in [1.807, 2.05) is 0 Å². The van der Waals surface area contributed by atoms with Crippen molar-refractivity contribution in [1.29, 1.82) is 0 Å². The molecular formula is C17H16ClF4NO2. The number of hydrogen-bond acceptors (Lipinski definition) is 3. The molecule has 1 atom stereocenters. The van der Waals surface area contributed by atoms with Gasteiger partial charge in [0.1, 0.15) is 24.3 Å². The molecule has 0 radical (unpaired) electrons. The highest BCUT2D eigenvalue weighted by atomic mass is 35.5. The summed E-state index contributed by atoms with van der Waals surface area (Å²) >= 11 is 0. The van der Waals surface area contributed by atoms with Gasteiger partial charge in [0.05, 0.1) is 12.2 Å². The van der Waals surface area contributed by atoms with E-state index in [1.165, 1.54) is 12.1 Å². The van der Waals surface area contributed by atoms with E-state index in [4.69, 9.17) is 9.47 Å². The number of nitrogens with one attached hydrogen (secondary N) is 1. The van der Waals surface area contributed by atoms with Crippen LogP contribution in [0.2, 0.25) is 0 Å². The van der Waals surface area contributed by atoms with Crippen molar-refractivity contribution in [3.8, 4) is 16.9 Å². The van der Waals surface area contributed by atoms with Crippen LogP contribution in [0.1, 0.15) is 0 Å². The van der Waals surface area contributed by atoms with Gasteiger partial charge in [0, 0.05) is 19.2 Å². The number of hydrogen-bond donors (Lipinski definition) is 1. The van der Waals surface area contributed by atoms with Crippen molar-refractivity contribution in [3.63, 3.8) is 0 Å². The summed E-state index contributed by atoms with van der Waals surface area (Å²) in [7, 11) is 0. The standard InChI is InChI=1S/C17H15F4NO2.ClH/c18-11-3-1-2-10(6-11)15-13(19)7-14(20)17(16(15)21)24-9-12-8-22-4-5-23-12;/h1-3,6-7,12,22H,4-5,8-9H2;1H/t12-;/m0./s1. The summed E-state index contributed by atoms with van der Waals surface area (Å²) in [4.78, 5) is 0. The van der Waals surface area contributed by atoms with Crippen LogP contribution in [0, 0.1) is 23.3 Å². The van der Waals surface area contributed by atoms with E-state index in [0.717, 1.165) is 12.1 Å². The second-order valence-electron chi connectivity index (χ2n) is 5.38. The lowest BCUT2D eigenvalue weighted by atomic mass is 10.0. The zero-order valence-electron chi connectivity index (χ0n) is 13.0. The van der Waals surface area contributed by atoms with Gasteiger partial charge in [-0.15, -0.1) is 12.4 Å². The lowest BCUT2D eigenvalue weighted by Gasteiger charge is -2.24. The highest BCUT2D eigenvalue weighted by molar-refractivity contribution is 5.85. The summed E-state index contributed by atoms with van der Waals surface area (Å²) in [5.74, 6) is -4.85. The topological polar surface area (TPSA) is 30.5 Å². The minimum Gasteiger partial charge on any atom is -0.485 e. The third-order valence-corrected chi connectivity index (χ3v) is 3.66. The Balaban J connectivity index is 0.00000225. The minimum atomic E-state index is -1.21. The zero-order valence-corrected chi connectivity index (χ0v) is 13.8. The summed E-state index contributed by atoms with van der Waals surface area (Å²) in [5, 5.41) is 3.06. The average molecular weight is 378 g/mol. The van der Waals surface area contributed by atoms with E-state index in [9.17, 15) is 17.6 Å². The number of rotatable bonds is 4. The number of ether oxygens (including phenoxy) is 2. The van der Waals surface area contributed by atoms with Crippen molar-refractivity contribution in [1.82, 2.24) is 5.32 Å². The first kappa shape index (κ1) is 19.5. The molecule has 3 rings (SSSR count). The summed E-state index contributed by atoms with van der Waals surface area (Å²) in [6.07, 6.45) is -0.361. The van der Waals surface area contributed by atoms with Gasteiger partial charge in [-0.3, -0.25) is 0 Å². The fourth-order valence-corrected chi connectivity index (χ4v) is 2.52. The molecule has 25 heavy (non-hydrogen) atoms. The van der Waals surface area contributed by atoms with Gasteiger partial charge in [-0.2, -0.15) is 0 Å². The summed E-state index contributed by atoms with van der Waals surface area (Å²) < 4.78 is 66.4. The van der Waals surface area contributed by atoms with Gasteiger partial charge in [0.2, 0.25) is 0 Å². The molecule has 2 aromatic rings. The lowest BCUT2D eigenvalue weighted by Crippen LogP contribution is -2.41. The van der Waals surface area contributed by atoms with Crippen LogP contribution in [0.5, 0.6) is 5.75 Å². The van der Waals surface area contributed by atoms with Gasteiger partial charge in [0.25, 0.3) is 0 Å². The average Bonchev–Trinajstić information content (AvgIpc) is 2.55. The molecule has 1 aliphatic heterocycles. The maximum atomic E-state index is 14.6. The minimum absolute atomic E-state index is 0. The van der Waals surface area contributed by atoms with Crippen molar-refractivity contribution in [2.45, 2.75) is 6.10 Å². The number of benzene rings is 2. The fourth-order valence-electron chi connectivity index (χ4n) is 2.52. The van der Waals surface area contributed by atoms with Crippen LogP contribution in [-0.4, -0.2) is 32.4 Å². The second-order valence-corrected chi connectivity index (χ2v) is 5.38. The molecule has 8 heteroatoms. The molecule has 0 bridgehead atoms. The molecule has 1 fully saturated rings. The van der Waals surface area contributed by atoms with Crippen LogP contribution in [0.4, 0.5) is 17.6 Å². The van der Waals surface area contributed by atoms with E-state index in [2.05, 4.69) is 5.32 Å². The molecule has 1 saturated heterocycles. The largest absolute Gasteiger partial charge is 0.485 e. The van der Waals surface area contributed by atoms with Crippen LogP contribution in [0.25, 0.3) is 11.1 Å². The Labute approximate surface area is 148 Å². The SMILES string of the molecule is Cl.Fc1cccc(-c2c(F)cc(F)c(OC[C@@H]3CNCCO3)c2F)c1. The van der Waals surface area contributed by atoms with Gasteiger partial charge >= 0.3 is 0 Å². The Morgan fingerprint density at radius 3 is 2.60 bits per heavy atom. The Morgan fingerprint density at radius 1 is 1.12 bits per heavy atom. The van der Waals surface area contributed by atoms with Gasteiger partial charge in [-0.05, 0) is 17.7 Å². The Hall–Kier alpha value is -1.83. The Bertz CT molecular complexity index is 739. The molecule has 0 amide bonds. The molecule has 2 aromatic carbocycles. The quantitative estimate of drug-likeness (QED) is 0.824. The first-order valence-electron chi connectivity index (χ1n) is 7.45. The van der Waals surface area contributed by atoms with E-state index in [0.29, 0.717) is 25.8 Å². The molecule has 0 unspecified atom stereocenters. The van der Waals surface area contributed by atoms with Crippen molar-refractivity contribution in [3.05, 3.63) is 53.6 Å². The normalized spacial score (nSPS) is 17.0. The van der Waals surface area contributed by atoms with E-state index in [-0.39, 0.29) is 30.7 Å². The molecule has 0 aromatic heterocycles. The highest BCUT2D eigenvalue weighted by Crippen LogP contribution is 2.34. The maximum absolute atomic E-state index is 14.6. The second kappa shape index (κ2) is 8.51. The molecule has 136 valence electrons. The molecule has 3 nitrogen and oxygen atoms in total. The molecule has 1 N–H and O–H groups in total. The Kier molecular flexibility index (Phi) is 6.64. The number of halogens is 5. The van der Waals surface area contributed by atoms with Crippen LogP contribution in [0.15, 0.2) is 30.3 Å². The molecule has 1 aliphatic rings. The van der Waals surface area contributed by atoms with Gasteiger partial charge < -0.3 is 14.8 Å². The monoisotopic (exact) mass is 377 g/mol. The smallest absolute Gasteiger partial charge is 0.191 e. The van der Waals surface area contributed by atoms with Crippen LogP contribution >= 0.6 is 12.4 Å². The van der Waals surface area contributed by atoms with E-state index >= 15 is 0 Å². The van der Waals surface area contributed by atoms with Crippen LogP contribution < -0.4 is 10.1 Å². The summed E-state index contributed by atoms with van der Waals surface area (Å²) in [6, 6.07) is 5.29. The van der Waals surface area contributed by atoms with Gasteiger partial charge in [-0.25, -0.2) is 17.6 Å². The van der Waals surface area contributed by atoms with E-state index in [1.54, 1.807) is 0 Å². The predicted octanol–water partition coefficient (Wildman–Crippen LogP) is 3.70. The fraction of sp³-hybridized carbons (Fsp3) is 0.294. The highest BCUT2D eigenvalue weighted by Gasteiger charge is 2.23. The summed E-state index contributed by atoms with van der Waals surface area (Å²) in [6.45, 7) is 1.56. The van der Waals surface area contributed by atoms with Crippen molar-refractivity contribution >= 4 is 12.4 Å². The Morgan fingerprint density at radius 2 is 1.92 bits per heavy atom. The summed E-state index contributed by atoms with van der Waals surface area (Å²) in [5.41, 5.74) is -0.570. The molecular weight excluding hydrogens is 362 g/mol. The zero-order chi connectivity index (χ0) is 17.1. The van der Waals surface area contributed by atoms with Crippen molar-refractivity contribution in [2.75, 3.05) is 26.3 Å². The number of morpholine rings is 1. The third-order valence-electron chi connectivity index (χ3n) is 3.66.